The van der Waals surface area contributed by atoms with E-state index in [2.05, 4.69) is 4.90 Å². The molecule has 4 aromatic rings. The fourth-order valence-corrected chi connectivity index (χ4v) is 4.69. The molecule has 33 heavy (non-hydrogen) atoms. The monoisotopic (exact) mass is 465 g/mol. The number of amides is 1. The van der Waals surface area contributed by atoms with E-state index in [1.54, 1.807) is 7.11 Å². The van der Waals surface area contributed by atoms with Crippen molar-refractivity contribution < 1.29 is 21.1 Å². The van der Waals surface area contributed by atoms with Crippen molar-refractivity contribution in [1.82, 2.24) is 13.9 Å². The third kappa shape index (κ3) is 4.10. The van der Waals surface area contributed by atoms with E-state index in [1.165, 1.54) is 0 Å². The predicted molar refractivity (Wildman–Crippen MR) is 126 cm³/mol. The second kappa shape index (κ2) is 8.92. The molecular weight excluding hydrogens is 440 g/mol. The van der Waals surface area contributed by atoms with E-state index in [4.69, 9.17) is 16.3 Å². The highest BCUT2D eigenvalue weighted by Gasteiger charge is 2.25. The minimum absolute atomic E-state index is 0.0104. The summed E-state index contributed by atoms with van der Waals surface area (Å²) in [4.78, 5) is 29.8. The molecule has 0 radical (unpaired) electrons. The number of benzene rings is 2. The van der Waals surface area contributed by atoms with Gasteiger partial charge in [-0.15, -0.1) is 0 Å². The Morgan fingerprint density at radius 2 is 1.76 bits per heavy atom. The second-order valence-corrected chi connectivity index (χ2v) is 8.72. The smallest absolute Gasteiger partial charge is 0.275 e. The van der Waals surface area contributed by atoms with Gasteiger partial charge in [0.15, 0.2) is 11.6 Å². The molecule has 1 amide bonds. The SMILES string of the molecule is COc1ccc2c(c1)n1cccc1c(=O)n2CCCN1CCN(c2ccc([ClH+])cc2)C(=O)C1. The molecule has 7 nitrogen and oxygen atoms in total. The molecule has 0 N–H and O–H groups in total. The largest absolute Gasteiger partial charge is 0.497 e. The molecule has 170 valence electrons. The number of rotatable bonds is 6. The lowest BCUT2D eigenvalue weighted by Gasteiger charge is -2.34. The molecule has 5 rings (SSSR count). The molecule has 0 bridgehead atoms. The molecule has 8 heteroatoms. The van der Waals surface area contributed by atoms with Crippen LogP contribution in [0.1, 0.15) is 6.42 Å². The van der Waals surface area contributed by atoms with Gasteiger partial charge in [-0.05, 0) is 42.8 Å². The number of piperazine rings is 1. The van der Waals surface area contributed by atoms with Gasteiger partial charge >= 0.3 is 0 Å². The maximum absolute atomic E-state index is 13.1. The first-order valence-corrected chi connectivity index (χ1v) is 11.4. The Labute approximate surface area is 196 Å². The van der Waals surface area contributed by atoms with Crippen LogP contribution in [-0.4, -0.2) is 53.1 Å². The van der Waals surface area contributed by atoms with E-state index < -0.39 is 0 Å². The fourth-order valence-electron chi connectivity index (χ4n) is 4.55. The molecule has 0 saturated carbocycles. The topological polar surface area (TPSA) is 59.2 Å². The highest BCUT2D eigenvalue weighted by molar-refractivity contribution is 5.95. The van der Waals surface area contributed by atoms with Crippen LogP contribution in [0.2, 0.25) is 5.02 Å². The molecule has 1 aliphatic rings. The lowest BCUT2D eigenvalue weighted by Crippen LogP contribution is -2.50. The first-order valence-electron chi connectivity index (χ1n) is 11.0. The van der Waals surface area contributed by atoms with Crippen LogP contribution in [0.4, 0.5) is 5.69 Å². The number of carbonyl (C=O) groups excluding carboxylic acids is 1. The first kappa shape index (κ1) is 21.6. The van der Waals surface area contributed by atoms with Crippen molar-refractivity contribution in [2.75, 3.05) is 38.2 Å². The summed E-state index contributed by atoms with van der Waals surface area (Å²) in [6.45, 7) is 3.15. The molecule has 2 aromatic carbocycles. The molecule has 0 unspecified atom stereocenters. The van der Waals surface area contributed by atoms with Gasteiger partial charge in [-0.1, -0.05) is 0 Å². The minimum atomic E-state index is -0.0104. The Hall–Kier alpha value is -3.29. The van der Waals surface area contributed by atoms with Crippen molar-refractivity contribution >= 4 is 28.1 Å². The van der Waals surface area contributed by atoms with E-state index >= 15 is 0 Å². The van der Waals surface area contributed by atoms with E-state index in [-0.39, 0.29) is 11.5 Å². The summed E-state index contributed by atoms with van der Waals surface area (Å²) in [6.07, 6.45) is 2.67. The third-order valence-electron chi connectivity index (χ3n) is 6.25. The molecule has 2 aromatic heterocycles. The third-order valence-corrected chi connectivity index (χ3v) is 6.52. The highest BCUT2D eigenvalue weighted by atomic mass is 35.5. The van der Waals surface area contributed by atoms with Gasteiger partial charge in [0.25, 0.3) is 5.56 Å². The lowest BCUT2D eigenvalue weighted by atomic mass is 10.2. The van der Waals surface area contributed by atoms with Crippen LogP contribution in [0.25, 0.3) is 16.6 Å². The quantitative estimate of drug-likeness (QED) is 0.439. The molecule has 0 aliphatic carbocycles. The van der Waals surface area contributed by atoms with Crippen molar-refractivity contribution in [3.05, 3.63) is 76.2 Å². The number of carbonyl (C=O) groups is 1. The summed E-state index contributed by atoms with van der Waals surface area (Å²) in [7, 11) is 1.64. The second-order valence-electron chi connectivity index (χ2n) is 8.24. The normalized spacial score (nSPS) is 15.0. The zero-order valence-electron chi connectivity index (χ0n) is 18.4. The van der Waals surface area contributed by atoms with Gasteiger partial charge in [-0.3, -0.25) is 14.5 Å². The number of methoxy groups -OCH3 is 1. The van der Waals surface area contributed by atoms with Crippen molar-refractivity contribution in [2.45, 2.75) is 13.0 Å². The van der Waals surface area contributed by atoms with Crippen molar-refractivity contribution in [3.63, 3.8) is 0 Å². The van der Waals surface area contributed by atoms with E-state index in [9.17, 15) is 9.59 Å². The summed E-state index contributed by atoms with van der Waals surface area (Å²) < 4.78 is 9.13. The van der Waals surface area contributed by atoms with E-state index in [1.807, 2.05) is 74.7 Å². The van der Waals surface area contributed by atoms with Gasteiger partial charge in [0, 0.05) is 56.3 Å². The van der Waals surface area contributed by atoms with Gasteiger partial charge in [-0.2, -0.15) is 0 Å². The van der Waals surface area contributed by atoms with Gasteiger partial charge in [0.05, 0.1) is 24.7 Å². The van der Waals surface area contributed by atoms with Gasteiger partial charge < -0.3 is 18.6 Å². The zero-order chi connectivity index (χ0) is 22.9. The number of fused-ring (bicyclic) bond motifs is 3. The molecule has 0 atom stereocenters. The number of hydrogen-bond acceptors (Lipinski definition) is 4. The van der Waals surface area contributed by atoms with Gasteiger partial charge in [0.2, 0.25) is 10.9 Å². The first-order chi connectivity index (χ1) is 16.0. The van der Waals surface area contributed by atoms with Crippen LogP contribution in [0.3, 0.4) is 0 Å². The van der Waals surface area contributed by atoms with Crippen molar-refractivity contribution in [2.24, 2.45) is 0 Å². The van der Waals surface area contributed by atoms with Crippen LogP contribution < -0.4 is 15.2 Å². The number of aromatic nitrogens is 2. The number of anilines is 1. The van der Waals surface area contributed by atoms with Crippen LogP contribution in [0, 0.1) is 11.6 Å². The predicted octanol–water partition coefficient (Wildman–Crippen LogP) is 2.70. The minimum Gasteiger partial charge on any atom is -0.497 e. The molecule has 3 heterocycles. The van der Waals surface area contributed by atoms with Crippen LogP contribution >= 0.6 is 0 Å². The van der Waals surface area contributed by atoms with Crippen molar-refractivity contribution in [1.29, 1.82) is 0 Å². The standard InChI is InChI=1S/C25H26ClN4O3/c1-33-20-9-10-21-23(16-20)29-12-2-4-22(29)25(32)30(21)13-3-11-27-14-15-28(24(31)17-27)19-7-5-18(26)6-8-19/h2,4-10,12,16,26H,3,11,13-15,17H2,1H3/q+1. The summed E-state index contributed by atoms with van der Waals surface area (Å²) in [6, 6.07) is 17.0. The average molecular weight is 466 g/mol. The summed E-state index contributed by atoms with van der Waals surface area (Å²) in [5, 5.41) is 0.768. The van der Waals surface area contributed by atoms with Crippen LogP contribution in [-0.2, 0) is 11.3 Å². The maximum Gasteiger partial charge on any atom is 0.275 e. The van der Waals surface area contributed by atoms with Crippen molar-refractivity contribution in [3.8, 4) is 5.75 Å². The average Bonchev–Trinajstić information content (AvgIpc) is 3.32. The number of aryl methyl sites for hydroxylation is 1. The Kier molecular flexibility index (Phi) is 5.83. The molecule has 1 saturated heterocycles. The molecule has 1 aliphatic heterocycles. The maximum atomic E-state index is 13.1. The van der Waals surface area contributed by atoms with Gasteiger partial charge in [0.1, 0.15) is 11.3 Å². The Morgan fingerprint density at radius 3 is 2.52 bits per heavy atom. The Bertz CT molecular complexity index is 1380. The number of hydrogen-bond donors (Lipinski definition) is 0. The van der Waals surface area contributed by atoms with E-state index in [0.717, 1.165) is 47.0 Å². The Morgan fingerprint density at radius 1 is 0.939 bits per heavy atom. The number of nitrogens with zero attached hydrogens (tertiary/aromatic N) is 4. The molecule has 1 fully saturated rings. The fraction of sp³-hybridized carbons (Fsp3) is 0.280. The van der Waals surface area contributed by atoms with Crippen LogP contribution in [0.5, 0.6) is 5.75 Å². The zero-order valence-corrected chi connectivity index (χ0v) is 19.3. The summed E-state index contributed by atoms with van der Waals surface area (Å²) in [5.41, 5.74) is 3.33. The number of halogens is 1. The Balaban J connectivity index is 1.30. The summed E-state index contributed by atoms with van der Waals surface area (Å²) >= 11 is 5.14. The highest BCUT2D eigenvalue weighted by Crippen LogP contribution is 2.22. The lowest BCUT2D eigenvalue weighted by molar-refractivity contribution is -0.288. The van der Waals surface area contributed by atoms with E-state index in [0.29, 0.717) is 25.2 Å². The number of ether oxygens (including phenoxy) is 1. The molecular formula is C25H26ClN4O3+. The molecule has 0 spiro atoms. The van der Waals surface area contributed by atoms with Gasteiger partial charge in [-0.25, -0.2) is 0 Å². The summed E-state index contributed by atoms with van der Waals surface area (Å²) in [5.74, 6) is 0.837. The van der Waals surface area contributed by atoms with Crippen LogP contribution in [0.15, 0.2) is 65.6 Å².